The van der Waals surface area contributed by atoms with E-state index in [1.54, 1.807) is 0 Å². The maximum absolute atomic E-state index is 12.2. The minimum atomic E-state index is -0.144. The van der Waals surface area contributed by atoms with Crippen molar-refractivity contribution in [1.82, 2.24) is 0 Å². The molecule has 3 rings (SSSR count). The van der Waals surface area contributed by atoms with E-state index in [4.69, 9.17) is 9.47 Å². The van der Waals surface area contributed by atoms with Gasteiger partial charge in [0, 0.05) is 17.4 Å². The highest BCUT2D eigenvalue weighted by molar-refractivity contribution is 5.93. The van der Waals surface area contributed by atoms with E-state index in [0.29, 0.717) is 18.0 Å². The smallest absolute Gasteiger partial charge is 0.243 e. The molecule has 3 aromatic rings. The van der Waals surface area contributed by atoms with E-state index in [9.17, 15) is 4.79 Å². The van der Waals surface area contributed by atoms with Gasteiger partial charge in [-0.3, -0.25) is 4.79 Å². The third kappa shape index (κ3) is 6.74. The second kappa shape index (κ2) is 9.99. The number of carbonyl (C=O) groups excluding carboxylic acids is 1. The molecule has 0 unspecified atom stereocenters. The average molecular weight is 388 g/mol. The van der Waals surface area contributed by atoms with Crippen molar-refractivity contribution in [3.8, 4) is 17.2 Å². The number of ether oxygens (including phenoxy) is 2. The fourth-order valence-corrected chi connectivity index (χ4v) is 2.52. The predicted molar refractivity (Wildman–Crippen MR) is 117 cm³/mol. The molecule has 0 aromatic heterocycles. The molecule has 0 aliphatic carbocycles. The van der Waals surface area contributed by atoms with Crippen molar-refractivity contribution < 1.29 is 14.3 Å². The Labute approximate surface area is 171 Å². The van der Waals surface area contributed by atoms with E-state index in [1.807, 2.05) is 85.8 Å². The molecule has 0 bridgehead atoms. The number of benzene rings is 3. The van der Waals surface area contributed by atoms with Gasteiger partial charge in [0.15, 0.2) is 0 Å². The Morgan fingerprint density at radius 1 is 0.862 bits per heavy atom. The zero-order valence-corrected chi connectivity index (χ0v) is 16.4. The molecule has 5 nitrogen and oxygen atoms in total. The van der Waals surface area contributed by atoms with Crippen LogP contribution in [0.4, 0.5) is 11.4 Å². The summed E-state index contributed by atoms with van der Waals surface area (Å²) in [6.07, 6.45) is 0. The lowest BCUT2D eigenvalue weighted by atomic mass is 10.3. The van der Waals surface area contributed by atoms with Crippen molar-refractivity contribution in [2.45, 2.75) is 6.92 Å². The summed E-state index contributed by atoms with van der Waals surface area (Å²) in [5, 5.41) is 5.96. The fourth-order valence-electron chi connectivity index (χ4n) is 2.52. The largest absolute Gasteiger partial charge is 0.489 e. The minimum Gasteiger partial charge on any atom is -0.489 e. The molecule has 1 amide bonds. The first-order valence-electron chi connectivity index (χ1n) is 9.32. The summed E-state index contributed by atoms with van der Waals surface area (Å²) in [7, 11) is 0. The van der Waals surface area contributed by atoms with E-state index < -0.39 is 0 Å². The predicted octanol–water partition coefficient (Wildman–Crippen LogP) is 5.48. The summed E-state index contributed by atoms with van der Waals surface area (Å²) in [5.41, 5.74) is 2.46. The fraction of sp³-hybridized carbons (Fsp3) is 0.125. The van der Waals surface area contributed by atoms with E-state index in [1.165, 1.54) is 0 Å². The highest BCUT2D eigenvalue weighted by atomic mass is 16.5. The standard InChI is InChI=1S/C24H24N2O3/c1-18(2)17-28-23-10-6-7-20(15-23)25-16-24(27)26-19-11-13-22(14-12-19)29-21-8-4-3-5-9-21/h3-15,25H,1,16-17H2,2H3,(H,26,27). The normalized spacial score (nSPS) is 10.1. The lowest BCUT2D eigenvalue weighted by Crippen LogP contribution is -2.21. The third-order valence-electron chi connectivity index (χ3n) is 3.89. The molecule has 0 atom stereocenters. The number of carbonyl (C=O) groups is 1. The van der Waals surface area contributed by atoms with Crippen LogP contribution in [0, 0.1) is 0 Å². The Balaban J connectivity index is 1.48. The van der Waals surface area contributed by atoms with Gasteiger partial charge in [0.2, 0.25) is 5.91 Å². The van der Waals surface area contributed by atoms with E-state index in [0.717, 1.165) is 22.8 Å². The molecule has 0 saturated heterocycles. The van der Waals surface area contributed by atoms with E-state index in [-0.39, 0.29) is 12.5 Å². The Hall–Kier alpha value is -3.73. The highest BCUT2D eigenvalue weighted by Crippen LogP contribution is 2.22. The molecular formula is C24H24N2O3. The molecule has 0 fully saturated rings. The monoisotopic (exact) mass is 388 g/mol. The van der Waals surface area contributed by atoms with Gasteiger partial charge < -0.3 is 20.1 Å². The van der Waals surface area contributed by atoms with Gasteiger partial charge in [0.1, 0.15) is 23.9 Å². The van der Waals surface area contributed by atoms with Gasteiger partial charge in [-0.2, -0.15) is 0 Å². The highest BCUT2D eigenvalue weighted by Gasteiger charge is 2.04. The molecule has 148 valence electrons. The zero-order valence-electron chi connectivity index (χ0n) is 16.4. The number of nitrogens with one attached hydrogen (secondary N) is 2. The van der Waals surface area contributed by atoms with Gasteiger partial charge in [0.25, 0.3) is 0 Å². The second-order valence-corrected chi connectivity index (χ2v) is 6.61. The van der Waals surface area contributed by atoms with Gasteiger partial charge in [0.05, 0.1) is 6.54 Å². The van der Waals surface area contributed by atoms with Gasteiger partial charge in [-0.05, 0) is 61.0 Å². The summed E-state index contributed by atoms with van der Waals surface area (Å²) in [5.74, 6) is 2.06. The van der Waals surface area contributed by atoms with Gasteiger partial charge in [-0.25, -0.2) is 0 Å². The molecule has 29 heavy (non-hydrogen) atoms. The number of amides is 1. The molecule has 0 spiro atoms. The van der Waals surface area contributed by atoms with Crippen LogP contribution in [0.25, 0.3) is 0 Å². The molecular weight excluding hydrogens is 364 g/mol. The molecule has 0 aliphatic rings. The number of hydrogen-bond acceptors (Lipinski definition) is 4. The minimum absolute atomic E-state index is 0.144. The lowest BCUT2D eigenvalue weighted by molar-refractivity contribution is -0.114. The Kier molecular flexibility index (Phi) is 6.90. The number of para-hydroxylation sites is 1. The first kappa shape index (κ1) is 20.0. The van der Waals surface area contributed by atoms with Crippen molar-refractivity contribution in [3.05, 3.63) is 91.0 Å². The van der Waals surface area contributed by atoms with Crippen LogP contribution < -0.4 is 20.1 Å². The summed E-state index contributed by atoms with van der Waals surface area (Å²) in [6, 6.07) is 24.3. The number of anilines is 2. The van der Waals surface area contributed by atoms with Crippen LogP contribution in [0.2, 0.25) is 0 Å². The molecule has 3 aromatic carbocycles. The lowest BCUT2D eigenvalue weighted by Gasteiger charge is -2.11. The summed E-state index contributed by atoms with van der Waals surface area (Å²) in [6.45, 7) is 6.34. The maximum atomic E-state index is 12.2. The SMILES string of the molecule is C=C(C)COc1cccc(NCC(=O)Nc2ccc(Oc3ccccc3)cc2)c1. The maximum Gasteiger partial charge on any atom is 0.243 e. The van der Waals surface area contributed by atoms with Crippen molar-refractivity contribution in [3.63, 3.8) is 0 Å². The summed E-state index contributed by atoms with van der Waals surface area (Å²) in [4.78, 5) is 12.2. The van der Waals surface area contributed by atoms with Crippen LogP contribution in [0.15, 0.2) is 91.0 Å². The van der Waals surface area contributed by atoms with Crippen molar-refractivity contribution in [2.75, 3.05) is 23.8 Å². The van der Waals surface area contributed by atoms with Crippen molar-refractivity contribution in [1.29, 1.82) is 0 Å². The number of rotatable bonds is 9. The summed E-state index contributed by atoms with van der Waals surface area (Å²) < 4.78 is 11.4. The molecule has 0 aliphatic heterocycles. The van der Waals surface area contributed by atoms with Crippen LogP contribution in [0.1, 0.15) is 6.92 Å². The topological polar surface area (TPSA) is 59.6 Å². The molecule has 0 saturated carbocycles. The van der Waals surface area contributed by atoms with E-state index in [2.05, 4.69) is 17.2 Å². The van der Waals surface area contributed by atoms with Gasteiger partial charge in [-0.1, -0.05) is 30.8 Å². The van der Waals surface area contributed by atoms with Crippen LogP contribution in [-0.4, -0.2) is 19.1 Å². The second-order valence-electron chi connectivity index (χ2n) is 6.61. The van der Waals surface area contributed by atoms with Crippen LogP contribution in [0.3, 0.4) is 0 Å². The Bertz CT molecular complexity index is 953. The zero-order chi connectivity index (χ0) is 20.5. The van der Waals surface area contributed by atoms with Crippen LogP contribution in [-0.2, 0) is 4.79 Å². The average Bonchev–Trinajstić information content (AvgIpc) is 2.73. The molecule has 0 heterocycles. The molecule has 5 heteroatoms. The first-order chi connectivity index (χ1) is 14.1. The summed E-state index contributed by atoms with van der Waals surface area (Å²) >= 11 is 0. The third-order valence-corrected chi connectivity index (χ3v) is 3.89. The Morgan fingerprint density at radius 3 is 2.28 bits per heavy atom. The van der Waals surface area contributed by atoms with E-state index >= 15 is 0 Å². The van der Waals surface area contributed by atoms with Gasteiger partial charge >= 0.3 is 0 Å². The Morgan fingerprint density at radius 2 is 1.55 bits per heavy atom. The van der Waals surface area contributed by atoms with Crippen LogP contribution >= 0.6 is 0 Å². The first-order valence-corrected chi connectivity index (χ1v) is 9.32. The van der Waals surface area contributed by atoms with Crippen molar-refractivity contribution >= 4 is 17.3 Å². The molecule has 0 radical (unpaired) electrons. The van der Waals surface area contributed by atoms with Crippen molar-refractivity contribution in [2.24, 2.45) is 0 Å². The van der Waals surface area contributed by atoms with Gasteiger partial charge in [-0.15, -0.1) is 0 Å². The number of hydrogen-bond donors (Lipinski definition) is 2. The molecule has 2 N–H and O–H groups in total. The quantitative estimate of drug-likeness (QED) is 0.476. The van der Waals surface area contributed by atoms with Crippen LogP contribution in [0.5, 0.6) is 17.2 Å².